The van der Waals surface area contributed by atoms with Crippen molar-refractivity contribution >= 4 is 17.6 Å². The second-order valence-electron chi connectivity index (χ2n) is 7.49. The number of carbonyl (C=O) groups is 1. The molecule has 25 heavy (non-hydrogen) atoms. The summed E-state index contributed by atoms with van der Waals surface area (Å²) in [4.78, 5) is 16.8. The van der Waals surface area contributed by atoms with Crippen molar-refractivity contribution in [3.8, 4) is 0 Å². The van der Waals surface area contributed by atoms with Gasteiger partial charge in [-0.15, -0.1) is 0 Å². The zero-order valence-corrected chi connectivity index (χ0v) is 15.7. The van der Waals surface area contributed by atoms with Crippen LogP contribution < -0.4 is 5.32 Å². The predicted molar refractivity (Wildman–Crippen MR) is 98.2 cm³/mol. The van der Waals surface area contributed by atoms with E-state index in [0.717, 1.165) is 32.4 Å². The van der Waals surface area contributed by atoms with E-state index < -0.39 is 0 Å². The molecule has 1 saturated carbocycles. The molecule has 1 N–H and O–H groups in total. The number of rotatable bonds is 6. The molecule has 2 aliphatic rings. The first kappa shape index (κ1) is 18.5. The second kappa shape index (κ2) is 7.92. The topological polar surface area (TPSA) is 35.6 Å². The van der Waals surface area contributed by atoms with Crippen LogP contribution in [0.2, 0.25) is 5.02 Å². The quantitative estimate of drug-likeness (QED) is 0.828. The molecule has 0 radical (unpaired) electrons. The lowest BCUT2D eigenvalue weighted by atomic mass is 10.1. The summed E-state index contributed by atoms with van der Waals surface area (Å²) in [6.45, 7) is 7.43. The highest BCUT2D eigenvalue weighted by molar-refractivity contribution is 6.31. The van der Waals surface area contributed by atoms with Crippen LogP contribution in [0.4, 0.5) is 9.18 Å². The Bertz CT molecular complexity index is 600. The van der Waals surface area contributed by atoms with Gasteiger partial charge in [-0.3, -0.25) is 0 Å². The lowest BCUT2D eigenvalue weighted by molar-refractivity contribution is 0.189. The maximum atomic E-state index is 14.1. The molecule has 6 heteroatoms. The number of likely N-dealkylation sites (tertiary alicyclic amines) is 1. The van der Waals surface area contributed by atoms with Crippen molar-refractivity contribution in [2.75, 3.05) is 19.6 Å². The van der Waals surface area contributed by atoms with Crippen LogP contribution in [0.25, 0.3) is 0 Å². The number of nitrogens with zero attached hydrogens (tertiary/aromatic N) is 2. The lowest BCUT2D eigenvalue weighted by Crippen LogP contribution is -2.43. The molecular formula is C19H27ClFN3O. The Labute approximate surface area is 154 Å². The number of hydrogen-bond acceptors (Lipinski definition) is 2. The first-order chi connectivity index (χ1) is 12.0. The minimum atomic E-state index is -0.352. The van der Waals surface area contributed by atoms with Gasteiger partial charge in [0.15, 0.2) is 0 Å². The average molecular weight is 368 g/mol. The standard InChI is InChI=1S/C19H27ClFN3O/c1-13(2)23-9-8-14(11-23)10-22-19(25)24(15-6-7-15)12-16-17(20)4-3-5-18(16)21/h3-5,13-15H,6-12H2,1-2H3,(H,22,25)/t14-/m0/s1. The Kier molecular flexibility index (Phi) is 5.85. The van der Waals surface area contributed by atoms with E-state index in [0.29, 0.717) is 29.1 Å². The molecule has 1 aliphatic heterocycles. The maximum absolute atomic E-state index is 14.1. The van der Waals surface area contributed by atoms with Crippen molar-refractivity contribution in [1.82, 2.24) is 15.1 Å². The molecule has 3 rings (SSSR count). The molecule has 0 unspecified atom stereocenters. The van der Waals surface area contributed by atoms with Crippen LogP contribution in [-0.4, -0.2) is 47.5 Å². The van der Waals surface area contributed by atoms with E-state index in [2.05, 4.69) is 24.1 Å². The summed E-state index contributed by atoms with van der Waals surface area (Å²) in [5.41, 5.74) is 0.401. The smallest absolute Gasteiger partial charge is 0.317 e. The molecule has 0 aromatic heterocycles. The molecule has 1 aromatic carbocycles. The fraction of sp³-hybridized carbons (Fsp3) is 0.632. The van der Waals surface area contributed by atoms with Crippen LogP contribution in [0, 0.1) is 11.7 Å². The Morgan fingerprint density at radius 3 is 2.76 bits per heavy atom. The summed E-state index contributed by atoms with van der Waals surface area (Å²) in [7, 11) is 0. The molecule has 0 spiro atoms. The summed E-state index contributed by atoms with van der Waals surface area (Å²) in [5.74, 6) is 0.138. The zero-order chi connectivity index (χ0) is 18.0. The predicted octanol–water partition coefficient (Wildman–Crippen LogP) is 3.88. The van der Waals surface area contributed by atoms with Crippen molar-refractivity contribution in [2.45, 2.75) is 51.7 Å². The molecule has 4 nitrogen and oxygen atoms in total. The van der Waals surface area contributed by atoms with Crippen molar-refractivity contribution in [3.05, 3.63) is 34.6 Å². The first-order valence-electron chi connectivity index (χ1n) is 9.17. The van der Waals surface area contributed by atoms with Gasteiger partial charge in [0.2, 0.25) is 0 Å². The number of hydrogen-bond donors (Lipinski definition) is 1. The molecule has 2 fully saturated rings. The van der Waals surface area contributed by atoms with E-state index in [4.69, 9.17) is 11.6 Å². The Morgan fingerprint density at radius 2 is 2.16 bits per heavy atom. The molecule has 1 aliphatic carbocycles. The third kappa shape index (κ3) is 4.64. The second-order valence-corrected chi connectivity index (χ2v) is 7.90. The zero-order valence-electron chi connectivity index (χ0n) is 15.0. The van der Waals surface area contributed by atoms with Gasteiger partial charge in [0.05, 0.1) is 6.54 Å². The van der Waals surface area contributed by atoms with Gasteiger partial charge in [-0.25, -0.2) is 9.18 Å². The van der Waals surface area contributed by atoms with Crippen LogP contribution in [0.5, 0.6) is 0 Å². The van der Waals surface area contributed by atoms with Gasteiger partial charge in [-0.05, 0) is 57.7 Å². The first-order valence-corrected chi connectivity index (χ1v) is 9.55. The van der Waals surface area contributed by atoms with E-state index in [1.165, 1.54) is 6.07 Å². The minimum absolute atomic E-state index is 0.107. The molecule has 1 atom stereocenters. The van der Waals surface area contributed by atoms with Gasteiger partial charge in [-0.2, -0.15) is 0 Å². The van der Waals surface area contributed by atoms with Crippen LogP contribution >= 0.6 is 11.6 Å². The van der Waals surface area contributed by atoms with Crippen molar-refractivity contribution < 1.29 is 9.18 Å². The van der Waals surface area contributed by atoms with E-state index >= 15 is 0 Å². The van der Waals surface area contributed by atoms with Crippen molar-refractivity contribution in [3.63, 3.8) is 0 Å². The molecule has 1 aromatic rings. The molecule has 2 amide bonds. The molecule has 1 heterocycles. The third-order valence-electron chi connectivity index (χ3n) is 5.23. The van der Waals surface area contributed by atoms with Crippen LogP contribution in [0.3, 0.4) is 0 Å². The van der Waals surface area contributed by atoms with Crippen LogP contribution in [-0.2, 0) is 6.54 Å². The Morgan fingerprint density at radius 1 is 1.40 bits per heavy atom. The van der Waals surface area contributed by atoms with Gasteiger partial charge in [0, 0.05) is 35.8 Å². The summed E-state index contributed by atoms with van der Waals surface area (Å²) >= 11 is 6.13. The molecular weight excluding hydrogens is 341 g/mol. The number of urea groups is 1. The van der Waals surface area contributed by atoms with Gasteiger partial charge in [0.1, 0.15) is 5.82 Å². The molecule has 0 bridgehead atoms. The minimum Gasteiger partial charge on any atom is -0.338 e. The summed E-state index contributed by atoms with van der Waals surface area (Å²) in [6, 6.07) is 5.29. The summed E-state index contributed by atoms with van der Waals surface area (Å²) in [6.07, 6.45) is 3.06. The number of nitrogens with one attached hydrogen (secondary N) is 1. The van der Waals surface area contributed by atoms with Crippen molar-refractivity contribution in [1.29, 1.82) is 0 Å². The van der Waals surface area contributed by atoms with E-state index in [1.807, 2.05) is 0 Å². The van der Waals surface area contributed by atoms with Gasteiger partial charge in [-0.1, -0.05) is 17.7 Å². The lowest BCUT2D eigenvalue weighted by Gasteiger charge is -2.25. The van der Waals surface area contributed by atoms with Crippen LogP contribution in [0.15, 0.2) is 18.2 Å². The highest BCUT2D eigenvalue weighted by atomic mass is 35.5. The fourth-order valence-electron chi connectivity index (χ4n) is 3.44. The largest absolute Gasteiger partial charge is 0.338 e. The maximum Gasteiger partial charge on any atom is 0.317 e. The van der Waals surface area contributed by atoms with Gasteiger partial charge in [0.25, 0.3) is 0 Å². The number of benzene rings is 1. The summed E-state index contributed by atoms with van der Waals surface area (Å²) in [5, 5.41) is 3.44. The highest BCUT2D eigenvalue weighted by Crippen LogP contribution is 2.30. The molecule has 138 valence electrons. The Balaban J connectivity index is 1.57. The normalized spacial score (nSPS) is 20.9. The van der Waals surface area contributed by atoms with E-state index in [9.17, 15) is 9.18 Å². The van der Waals surface area contributed by atoms with Gasteiger partial charge >= 0.3 is 6.03 Å². The number of carbonyl (C=O) groups excluding carboxylic acids is 1. The summed E-state index contributed by atoms with van der Waals surface area (Å²) < 4.78 is 14.1. The fourth-order valence-corrected chi connectivity index (χ4v) is 3.66. The third-order valence-corrected chi connectivity index (χ3v) is 5.58. The molecule has 1 saturated heterocycles. The average Bonchev–Trinajstić information content (AvgIpc) is 3.29. The van der Waals surface area contributed by atoms with E-state index in [-0.39, 0.29) is 24.4 Å². The SMILES string of the molecule is CC(C)N1CC[C@@H](CNC(=O)N(Cc2c(F)cccc2Cl)C2CC2)C1. The number of halogens is 2. The van der Waals surface area contributed by atoms with Gasteiger partial charge < -0.3 is 15.1 Å². The highest BCUT2D eigenvalue weighted by Gasteiger charge is 2.34. The number of amides is 2. The Hall–Kier alpha value is -1.33. The van der Waals surface area contributed by atoms with Crippen LogP contribution in [0.1, 0.15) is 38.7 Å². The monoisotopic (exact) mass is 367 g/mol. The van der Waals surface area contributed by atoms with Crippen molar-refractivity contribution in [2.24, 2.45) is 5.92 Å². The van der Waals surface area contributed by atoms with E-state index in [1.54, 1.807) is 17.0 Å².